The highest BCUT2D eigenvalue weighted by molar-refractivity contribution is 7.98. The molecule has 0 aliphatic carbocycles. The van der Waals surface area contributed by atoms with E-state index in [1.54, 1.807) is 11.8 Å². The Morgan fingerprint density at radius 3 is 2.30 bits per heavy atom. The fraction of sp³-hybridized carbons (Fsp3) is 0.208. The summed E-state index contributed by atoms with van der Waals surface area (Å²) in [6.07, 6.45) is 1.11. The summed E-state index contributed by atoms with van der Waals surface area (Å²) >= 11 is 1.69. The summed E-state index contributed by atoms with van der Waals surface area (Å²) < 4.78 is 0. The third-order valence-corrected chi connectivity index (χ3v) is 5.86. The molecule has 0 saturated heterocycles. The molecule has 0 radical (unpaired) electrons. The molecular formula is C24H25NOS. The molecule has 3 aromatic carbocycles. The largest absolute Gasteiger partial charge is 0.322 e. The van der Waals surface area contributed by atoms with E-state index in [4.69, 9.17) is 0 Å². The first-order valence-electron chi connectivity index (χ1n) is 9.34. The molecule has 0 aromatic heterocycles. The molecule has 0 heterocycles. The molecule has 3 aromatic rings. The number of anilines is 1. The molecule has 0 aliphatic heterocycles. The molecule has 0 bridgehead atoms. The molecule has 2 nitrogen and oxygen atoms in total. The zero-order valence-electron chi connectivity index (χ0n) is 15.8. The summed E-state index contributed by atoms with van der Waals surface area (Å²) in [5, 5.41) is 3.03. The van der Waals surface area contributed by atoms with Crippen molar-refractivity contribution in [3.63, 3.8) is 0 Å². The Morgan fingerprint density at radius 2 is 1.59 bits per heavy atom. The van der Waals surface area contributed by atoms with Gasteiger partial charge in [0, 0.05) is 16.3 Å². The van der Waals surface area contributed by atoms with E-state index in [-0.39, 0.29) is 5.91 Å². The van der Waals surface area contributed by atoms with Crippen LogP contribution in [0, 0.1) is 0 Å². The predicted molar refractivity (Wildman–Crippen MR) is 116 cm³/mol. The van der Waals surface area contributed by atoms with Gasteiger partial charge in [-0.1, -0.05) is 68.4 Å². The van der Waals surface area contributed by atoms with Crippen LogP contribution in [0.1, 0.15) is 47.7 Å². The highest BCUT2D eigenvalue weighted by Crippen LogP contribution is 2.27. The molecule has 1 atom stereocenters. The number of rotatable bonds is 7. The number of amides is 1. The van der Waals surface area contributed by atoms with Gasteiger partial charge >= 0.3 is 0 Å². The zero-order chi connectivity index (χ0) is 19.1. The van der Waals surface area contributed by atoms with E-state index in [0.29, 0.717) is 11.5 Å². The van der Waals surface area contributed by atoms with Gasteiger partial charge in [-0.3, -0.25) is 4.79 Å². The van der Waals surface area contributed by atoms with Crippen LogP contribution in [0.4, 0.5) is 5.69 Å². The molecule has 1 amide bonds. The van der Waals surface area contributed by atoms with Gasteiger partial charge < -0.3 is 5.32 Å². The summed E-state index contributed by atoms with van der Waals surface area (Å²) in [7, 11) is 0. The minimum Gasteiger partial charge on any atom is -0.322 e. The molecule has 0 fully saturated rings. The van der Waals surface area contributed by atoms with Crippen LogP contribution in [0.5, 0.6) is 0 Å². The monoisotopic (exact) mass is 375 g/mol. The third-order valence-electron chi connectivity index (χ3n) is 4.72. The maximum atomic E-state index is 12.8. The maximum absolute atomic E-state index is 12.8. The van der Waals surface area contributed by atoms with Gasteiger partial charge in [0.25, 0.3) is 5.91 Å². The van der Waals surface area contributed by atoms with Crippen molar-refractivity contribution in [1.82, 2.24) is 0 Å². The van der Waals surface area contributed by atoms with E-state index < -0.39 is 0 Å². The molecule has 0 aliphatic rings. The van der Waals surface area contributed by atoms with E-state index in [0.717, 1.165) is 22.8 Å². The van der Waals surface area contributed by atoms with Crippen molar-refractivity contribution in [1.29, 1.82) is 0 Å². The topological polar surface area (TPSA) is 29.1 Å². The van der Waals surface area contributed by atoms with Crippen molar-refractivity contribution >= 4 is 23.4 Å². The van der Waals surface area contributed by atoms with Gasteiger partial charge in [-0.25, -0.2) is 0 Å². The summed E-state index contributed by atoms with van der Waals surface area (Å²) in [6.45, 7) is 4.40. The lowest BCUT2D eigenvalue weighted by Gasteiger charge is -2.12. The third kappa shape index (κ3) is 5.24. The quantitative estimate of drug-likeness (QED) is 0.463. The van der Waals surface area contributed by atoms with E-state index in [9.17, 15) is 4.79 Å². The fourth-order valence-electron chi connectivity index (χ4n) is 2.84. The minimum absolute atomic E-state index is 0.0672. The molecular weight excluding hydrogens is 350 g/mol. The van der Waals surface area contributed by atoms with Gasteiger partial charge in [0.1, 0.15) is 0 Å². The first-order valence-corrected chi connectivity index (χ1v) is 10.3. The van der Waals surface area contributed by atoms with Crippen LogP contribution in [-0.2, 0) is 5.75 Å². The fourth-order valence-corrected chi connectivity index (χ4v) is 3.85. The summed E-state index contributed by atoms with van der Waals surface area (Å²) in [6, 6.07) is 26.3. The average Bonchev–Trinajstić information content (AvgIpc) is 2.73. The van der Waals surface area contributed by atoms with E-state index >= 15 is 0 Å². The van der Waals surface area contributed by atoms with Crippen molar-refractivity contribution in [2.75, 3.05) is 5.32 Å². The Balaban J connectivity index is 1.69. The number of hydrogen-bond acceptors (Lipinski definition) is 2. The van der Waals surface area contributed by atoms with Crippen LogP contribution >= 0.6 is 11.8 Å². The second-order valence-corrected chi connectivity index (χ2v) is 7.67. The van der Waals surface area contributed by atoms with E-state index in [1.165, 1.54) is 11.1 Å². The minimum atomic E-state index is -0.0672. The summed E-state index contributed by atoms with van der Waals surface area (Å²) in [4.78, 5) is 13.8. The van der Waals surface area contributed by atoms with E-state index in [1.807, 2.05) is 54.6 Å². The van der Waals surface area contributed by atoms with Crippen LogP contribution < -0.4 is 5.32 Å². The molecule has 138 valence electrons. The lowest BCUT2D eigenvalue weighted by Crippen LogP contribution is -2.13. The normalized spacial score (nSPS) is 11.8. The molecule has 27 heavy (non-hydrogen) atoms. The average molecular weight is 376 g/mol. The van der Waals surface area contributed by atoms with Crippen molar-refractivity contribution in [3.8, 4) is 0 Å². The molecule has 3 rings (SSSR count). The Bertz CT molecular complexity index is 874. The molecule has 0 spiro atoms. The van der Waals surface area contributed by atoms with Crippen LogP contribution in [0.25, 0.3) is 0 Å². The van der Waals surface area contributed by atoms with Gasteiger partial charge in [-0.15, -0.1) is 11.8 Å². The van der Waals surface area contributed by atoms with Crippen LogP contribution in [0.3, 0.4) is 0 Å². The smallest absolute Gasteiger partial charge is 0.256 e. The van der Waals surface area contributed by atoms with Crippen molar-refractivity contribution < 1.29 is 4.79 Å². The highest BCUT2D eigenvalue weighted by Gasteiger charge is 2.12. The van der Waals surface area contributed by atoms with Crippen LogP contribution in [-0.4, -0.2) is 5.91 Å². The highest BCUT2D eigenvalue weighted by atomic mass is 32.2. The number of carbonyl (C=O) groups excluding carboxylic acids is 1. The Kier molecular flexibility index (Phi) is 6.72. The molecule has 0 saturated carbocycles. The van der Waals surface area contributed by atoms with Gasteiger partial charge in [0.05, 0.1) is 5.56 Å². The first kappa shape index (κ1) is 19.2. The summed E-state index contributed by atoms with van der Waals surface area (Å²) in [5.74, 6) is 1.31. The number of carbonyl (C=O) groups is 1. The summed E-state index contributed by atoms with van der Waals surface area (Å²) in [5.41, 5.74) is 4.09. The van der Waals surface area contributed by atoms with Crippen LogP contribution in [0.15, 0.2) is 83.8 Å². The standard InChI is InChI=1S/C24H25NOS/c1-3-18(2)20-13-15-21(16-14-20)25-24(26)22-11-7-8-12-23(22)27-17-19-9-5-4-6-10-19/h4-16,18H,3,17H2,1-2H3,(H,25,26)/t18-/m1/s1. The SMILES string of the molecule is CC[C@@H](C)c1ccc(NC(=O)c2ccccc2SCc2ccccc2)cc1. The zero-order valence-corrected chi connectivity index (χ0v) is 16.6. The Morgan fingerprint density at radius 1 is 0.926 bits per heavy atom. The second kappa shape index (κ2) is 9.43. The lowest BCUT2D eigenvalue weighted by atomic mass is 9.98. The number of thioether (sulfide) groups is 1. The van der Waals surface area contributed by atoms with E-state index in [2.05, 4.69) is 43.4 Å². The molecule has 0 unspecified atom stereocenters. The lowest BCUT2D eigenvalue weighted by molar-refractivity contribution is 0.102. The Hall–Kier alpha value is -2.52. The number of nitrogens with one attached hydrogen (secondary N) is 1. The first-order chi connectivity index (χ1) is 13.2. The predicted octanol–water partition coefficient (Wildman–Crippen LogP) is 6.74. The van der Waals surface area contributed by atoms with Crippen molar-refractivity contribution in [2.24, 2.45) is 0 Å². The molecule has 1 N–H and O–H groups in total. The van der Waals surface area contributed by atoms with Gasteiger partial charge in [-0.05, 0) is 47.7 Å². The number of hydrogen-bond donors (Lipinski definition) is 1. The number of benzene rings is 3. The van der Waals surface area contributed by atoms with Crippen molar-refractivity contribution in [2.45, 2.75) is 36.8 Å². The van der Waals surface area contributed by atoms with Gasteiger partial charge in [-0.2, -0.15) is 0 Å². The van der Waals surface area contributed by atoms with Crippen LogP contribution in [0.2, 0.25) is 0 Å². The van der Waals surface area contributed by atoms with Gasteiger partial charge in [0.2, 0.25) is 0 Å². The van der Waals surface area contributed by atoms with Gasteiger partial charge in [0.15, 0.2) is 0 Å². The second-order valence-electron chi connectivity index (χ2n) is 6.66. The molecule has 3 heteroatoms. The Labute approximate surface area is 166 Å². The van der Waals surface area contributed by atoms with Crippen molar-refractivity contribution in [3.05, 3.63) is 95.6 Å². The maximum Gasteiger partial charge on any atom is 0.256 e.